The quantitative estimate of drug-likeness (QED) is 0.152. The molecule has 0 saturated carbocycles. The third kappa shape index (κ3) is 15.7. The zero-order valence-corrected chi connectivity index (χ0v) is 19.0. The van der Waals surface area contributed by atoms with Crippen LogP contribution in [-0.2, 0) is 14.3 Å². The van der Waals surface area contributed by atoms with Crippen LogP contribution >= 0.6 is 0 Å². The molecular formula is C24H45NO3. The number of ether oxygens (including phenoxy) is 1. The number of esters is 1. The second-order valence-electron chi connectivity index (χ2n) is 7.99. The fourth-order valence-electron chi connectivity index (χ4n) is 3.33. The molecule has 0 N–H and O–H groups in total. The molecule has 0 aromatic heterocycles. The number of rotatable bonds is 18. The first-order chi connectivity index (χ1) is 13.5. The Kier molecular flexibility index (Phi) is 18.1. The summed E-state index contributed by atoms with van der Waals surface area (Å²) in [4.78, 5) is 25.1. The fourth-order valence-corrected chi connectivity index (χ4v) is 3.33. The molecule has 1 amide bonds. The number of hydrogen-bond donors (Lipinski definition) is 0. The van der Waals surface area contributed by atoms with Gasteiger partial charge in [0.2, 0.25) is 5.91 Å². The summed E-state index contributed by atoms with van der Waals surface area (Å²) in [5.41, 5.74) is 0. The van der Waals surface area contributed by atoms with Crippen molar-refractivity contribution in [3.05, 3.63) is 12.2 Å². The topological polar surface area (TPSA) is 46.6 Å². The average Bonchev–Trinajstić information content (AvgIpc) is 2.67. The summed E-state index contributed by atoms with van der Waals surface area (Å²) in [5, 5.41) is 0. The molecule has 0 aromatic rings. The van der Waals surface area contributed by atoms with Crippen LogP contribution in [0.5, 0.6) is 0 Å². The lowest BCUT2D eigenvalue weighted by atomic mass is 10.1. The Labute approximate surface area is 174 Å². The summed E-state index contributed by atoms with van der Waals surface area (Å²) in [5.74, 6) is 0.213. The lowest BCUT2D eigenvalue weighted by Gasteiger charge is -2.26. The monoisotopic (exact) mass is 395 g/mol. The highest BCUT2D eigenvalue weighted by Crippen LogP contribution is 2.11. The minimum absolute atomic E-state index is 0.0889. The van der Waals surface area contributed by atoms with E-state index in [0.29, 0.717) is 24.8 Å². The van der Waals surface area contributed by atoms with Crippen LogP contribution in [0.4, 0.5) is 0 Å². The molecule has 0 saturated heterocycles. The number of carbonyl (C=O) groups is 2. The van der Waals surface area contributed by atoms with Crippen LogP contribution in [-0.4, -0.2) is 36.5 Å². The van der Waals surface area contributed by atoms with Crippen molar-refractivity contribution in [3.8, 4) is 0 Å². The predicted molar refractivity (Wildman–Crippen MR) is 118 cm³/mol. The Hall–Kier alpha value is -1.32. The van der Waals surface area contributed by atoms with Gasteiger partial charge in [-0.2, -0.15) is 0 Å². The van der Waals surface area contributed by atoms with E-state index in [1.54, 1.807) is 0 Å². The third-order valence-electron chi connectivity index (χ3n) is 5.07. The van der Waals surface area contributed by atoms with Crippen molar-refractivity contribution in [3.63, 3.8) is 0 Å². The predicted octanol–water partition coefficient (Wildman–Crippen LogP) is 6.43. The Bertz CT molecular complexity index is 418. The zero-order valence-electron chi connectivity index (χ0n) is 19.0. The van der Waals surface area contributed by atoms with Crippen LogP contribution in [0.15, 0.2) is 12.2 Å². The van der Waals surface area contributed by atoms with Crippen molar-refractivity contribution in [1.29, 1.82) is 0 Å². The molecule has 0 aliphatic carbocycles. The summed E-state index contributed by atoms with van der Waals surface area (Å²) in [7, 11) is 1.45. The Morgan fingerprint density at radius 3 is 1.89 bits per heavy atom. The second kappa shape index (κ2) is 19.0. The maximum atomic E-state index is 12.1. The number of unbranched alkanes of at least 4 members (excludes halogenated alkanes) is 9. The summed E-state index contributed by atoms with van der Waals surface area (Å²) in [6.45, 7) is 7.17. The Morgan fingerprint density at radius 2 is 1.36 bits per heavy atom. The molecule has 0 heterocycles. The van der Waals surface area contributed by atoms with Crippen molar-refractivity contribution in [1.82, 2.24) is 4.90 Å². The smallest absolute Gasteiger partial charge is 0.305 e. The van der Waals surface area contributed by atoms with Crippen LogP contribution in [0.25, 0.3) is 0 Å². The van der Waals surface area contributed by atoms with Gasteiger partial charge in [-0.05, 0) is 58.8 Å². The van der Waals surface area contributed by atoms with Crippen molar-refractivity contribution in [2.75, 3.05) is 13.7 Å². The summed E-state index contributed by atoms with van der Waals surface area (Å²) >= 11 is 0. The second-order valence-corrected chi connectivity index (χ2v) is 7.99. The first-order valence-corrected chi connectivity index (χ1v) is 11.5. The van der Waals surface area contributed by atoms with Gasteiger partial charge in [0.05, 0.1) is 7.11 Å². The van der Waals surface area contributed by atoms with Gasteiger partial charge >= 0.3 is 5.97 Å². The lowest BCUT2D eigenvalue weighted by Crippen LogP contribution is -2.37. The van der Waals surface area contributed by atoms with E-state index < -0.39 is 0 Å². The first kappa shape index (κ1) is 26.7. The minimum atomic E-state index is -0.0889. The number of amides is 1. The van der Waals surface area contributed by atoms with Crippen LogP contribution < -0.4 is 0 Å². The third-order valence-corrected chi connectivity index (χ3v) is 5.07. The molecule has 0 spiro atoms. The molecule has 0 aliphatic rings. The fraction of sp³-hybridized carbons (Fsp3) is 0.833. The van der Waals surface area contributed by atoms with E-state index in [-0.39, 0.29) is 5.97 Å². The van der Waals surface area contributed by atoms with Crippen LogP contribution in [0.3, 0.4) is 0 Å². The molecule has 0 aromatic carbocycles. The highest BCUT2D eigenvalue weighted by atomic mass is 16.5. The molecule has 28 heavy (non-hydrogen) atoms. The molecule has 4 heteroatoms. The molecule has 0 fully saturated rings. The molecule has 0 radical (unpaired) electrons. The Morgan fingerprint density at radius 1 is 0.821 bits per heavy atom. The van der Waals surface area contributed by atoms with Gasteiger partial charge in [-0.3, -0.25) is 9.59 Å². The summed E-state index contributed by atoms with van der Waals surface area (Å²) in [6.07, 6.45) is 19.8. The van der Waals surface area contributed by atoms with Gasteiger partial charge in [0.1, 0.15) is 0 Å². The molecule has 0 atom stereocenters. The van der Waals surface area contributed by atoms with Gasteiger partial charge in [0, 0.05) is 25.4 Å². The molecule has 164 valence electrons. The zero-order chi connectivity index (χ0) is 21.0. The first-order valence-electron chi connectivity index (χ1n) is 11.5. The van der Waals surface area contributed by atoms with Crippen LogP contribution in [0, 0.1) is 0 Å². The minimum Gasteiger partial charge on any atom is -0.469 e. The van der Waals surface area contributed by atoms with Crippen molar-refractivity contribution < 1.29 is 14.3 Å². The molecule has 4 nitrogen and oxygen atoms in total. The van der Waals surface area contributed by atoms with Crippen LogP contribution in [0.1, 0.15) is 111 Å². The maximum Gasteiger partial charge on any atom is 0.305 e. The SMILES string of the molecule is CCCC(=O)N(CCCCC=CCCCCCCCCCC(=O)OC)C(C)C. The van der Waals surface area contributed by atoms with Crippen LogP contribution in [0.2, 0.25) is 0 Å². The van der Waals surface area contributed by atoms with Gasteiger partial charge in [-0.1, -0.05) is 51.2 Å². The van der Waals surface area contributed by atoms with E-state index in [1.165, 1.54) is 45.6 Å². The van der Waals surface area contributed by atoms with Gasteiger partial charge in [0.15, 0.2) is 0 Å². The summed E-state index contributed by atoms with van der Waals surface area (Å²) in [6, 6.07) is 0.308. The standard InChI is InChI=1S/C24H45NO3/c1-5-19-23(26)25(22(2)3)21-18-16-14-12-10-8-6-7-9-11-13-15-17-20-24(27)28-4/h10,12,22H,5-9,11,13-21H2,1-4H3. The Balaban J connectivity index is 3.49. The van der Waals surface area contributed by atoms with E-state index >= 15 is 0 Å². The van der Waals surface area contributed by atoms with Gasteiger partial charge < -0.3 is 9.64 Å². The maximum absolute atomic E-state index is 12.1. The number of allylic oxidation sites excluding steroid dienone is 2. The number of hydrogen-bond acceptors (Lipinski definition) is 3. The number of nitrogens with zero attached hydrogens (tertiary/aromatic N) is 1. The molecule has 0 unspecified atom stereocenters. The van der Waals surface area contributed by atoms with Gasteiger partial charge in [0.25, 0.3) is 0 Å². The molecule has 0 bridgehead atoms. The largest absolute Gasteiger partial charge is 0.469 e. The lowest BCUT2D eigenvalue weighted by molar-refractivity contribution is -0.140. The van der Waals surface area contributed by atoms with E-state index in [2.05, 4.69) is 37.7 Å². The van der Waals surface area contributed by atoms with E-state index in [4.69, 9.17) is 0 Å². The van der Waals surface area contributed by atoms with E-state index in [1.807, 2.05) is 4.90 Å². The molecule has 0 aliphatic heterocycles. The van der Waals surface area contributed by atoms with E-state index in [9.17, 15) is 9.59 Å². The van der Waals surface area contributed by atoms with Crippen molar-refractivity contribution >= 4 is 11.9 Å². The number of carbonyl (C=O) groups excluding carboxylic acids is 2. The van der Waals surface area contributed by atoms with Gasteiger partial charge in [-0.25, -0.2) is 0 Å². The highest BCUT2D eigenvalue weighted by molar-refractivity contribution is 5.76. The highest BCUT2D eigenvalue weighted by Gasteiger charge is 2.14. The summed E-state index contributed by atoms with van der Waals surface area (Å²) < 4.78 is 4.64. The average molecular weight is 396 g/mol. The van der Waals surface area contributed by atoms with Crippen molar-refractivity contribution in [2.45, 2.75) is 117 Å². The molecular weight excluding hydrogens is 350 g/mol. The van der Waals surface area contributed by atoms with Crippen molar-refractivity contribution in [2.24, 2.45) is 0 Å². The number of methoxy groups -OCH3 is 1. The van der Waals surface area contributed by atoms with E-state index in [0.717, 1.165) is 45.1 Å². The molecule has 0 rings (SSSR count). The normalized spacial score (nSPS) is 11.3. The van der Waals surface area contributed by atoms with Gasteiger partial charge in [-0.15, -0.1) is 0 Å².